The average Bonchev–Trinajstić information content (AvgIpc) is 2.74. The van der Waals surface area contributed by atoms with Crippen LogP contribution in [0.4, 0.5) is 0 Å². The lowest BCUT2D eigenvalue weighted by molar-refractivity contribution is 1.56. The van der Waals surface area contributed by atoms with Crippen molar-refractivity contribution in [2.75, 3.05) is 0 Å². The van der Waals surface area contributed by atoms with Crippen LogP contribution in [0.25, 0.3) is 22.3 Å². The van der Waals surface area contributed by atoms with Gasteiger partial charge in [0.2, 0.25) is 0 Å². The fourth-order valence-corrected chi connectivity index (χ4v) is 2.98. The Balaban J connectivity index is 1.68. The van der Waals surface area contributed by atoms with Crippen molar-refractivity contribution in [3.8, 4) is 34.1 Å². The third-order valence-electron chi connectivity index (χ3n) is 4.35. The van der Waals surface area contributed by atoms with E-state index in [2.05, 4.69) is 78.6 Å². The van der Waals surface area contributed by atoms with E-state index in [1.165, 1.54) is 16.7 Å². The number of hydrogen-bond donors (Lipinski definition) is 0. The second-order valence-electron chi connectivity index (χ2n) is 6.10. The first kappa shape index (κ1) is 15.9. The average molecular weight is 330 g/mol. The normalized spacial score (nSPS) is 10.0. The summed E-state index contributed by atoms with van der Waals surface area (Å²) in [5.41, 5.74) is 6.88. The predicted molar refractivity (Wildman–Crippen MR) is 110 cm³/mol. The highest BCUT2D eigenvalue weighted by Gasteiger charge is 2.03. The molecule has 26 heavy (non-hydrogen) atoms. The molecule has 0 aliphatic heterocycles. The lowest BCUT2D eigenvalue weighted by atomic mass is 9.97. The molecule has 0 radical (unpaired) electrons. The zero-order valence-electron chi connectivity index (χ0n) is 14.4. The minimum absolute atomic E-state index is 1.03. The minimum atomic E-state index is 1.03. The molecule has 0 heteroatoms. The Labute approximate surface area is 154 Å². The summed E-state index contributed by atoms with van der Waals surface area (Å²) in [6.07, 6.45) is 0. The molecule has 0 aliphatic rings. The molecule has 0 nitrogen and oxygen atoms in total. The lowest BCUT2D eigenvalue weighted by Crippen LogP contribution is -1.85. The van der Waals surface area contributed by atoms with Gasteiger partial charge in [0.1, 0.15) is 0 Å². The maximum absolute atomic E-state index is 3.32. The summed E-state index contributed by atoms with van der Waals surface area (Å²) in [6, 6.07) is 37.5. The van der Waals surface area contributed by atoms with Gasteiger partial charge in [0.15, 0.2) is 0 Å². The van der Waals surface area contributed by atoms with E-state index in [1.807, 2.05) is 42.5 Å². The minimum Gasteiger partial charge on any atom is -0.0622 e. The third-order valence-corrected chi connectivity index (χ3v) is 4.35. The van der Waals surface area contributed by atoms with E-state index < -0.39 is 0 Å². The Hall–Kier alpha value is -3.56. The van der Waals surface area contributed by atoms with Crippen LogP contribution in [-0.2, 0) is 0 Å². The monoisotopic (exact) mass is 330 g/mol. The van der Waals surface area contributed by atoms with E-state index in [0.717, 1.165) is 16.7 Å². The van der Waals surface area contributed by atoms with E-state index in [4.69, 9.17) is 0 Å². The van der Waals surface area contributed by atoms with Crippen molar-refractivity contribution in [3.05, 3.63) is 120 Å². The highest BCUT2D eigenvalue weighted by molar-refractivity contribution is 5.74. The molecule has 0 fully saturated rings. The van der Waals surface area contributed by atoms with Gasteiger partial charge in [-0.3, -0.25) is 0 Å². The zero-order valence-corrected chi connectivity index (χ0v) is 14.4. The molecule has 0 aliphatic carbocycles. The van der Waals surface area contributed by atoms with Crippen LogP contribution in [0.5, 0.6) is 0 Å². The summed E-state index contributed by atoms with van der Waals surface area (Å²) in [5.74, 6) is 6.58. The lowest BCUT2D eigenvalue weighted by Gasteiger charge is -2.07. The van der Waals surface area contributed by atoms with Gasteiger partial charge < -0.3 is 0 Å². The van der Waals surface area contributed by atoms with Crippen LogP contribution < -0.4 is 0 Å². The van der Waals surface area contributed by atoms with Crippen LogP contribution in [0.2, 0.25) is 0 Å². The van der Waals surface area contributed by atoms with Crippen molar-refractivity contribution in [2.45, 2.75) is 0 Å². The van der Waals surface area contributed by atoms with Crippen LogP contribution in [0.3, 0.4) is 0 Å². The molecule has 4 aromatic rings. The smallest absolute Gasteiger partial charge is 0.0327 e. The van der Waals surface area contributed by atoms with Gasteiger partial charge in [-0.2, -0.15) is 0 Å². The van der Waals surface area contributed by atoms with E-state index in [-0.39, 0.29) is 0 Å². The first-order valence-corrected chi connectivity index (χ1v) is 8.72. The van der Waals surface area contributed by atoms with Crippen LogP contribution in [0.15, 0.2) is 109 Å². The molecule has 0 unspecified atom stereocenters. The van der Waals surface area contributed by atoms with E-state index >= 15 is 0 Å². The Bertz CT molecular complexity index is 1050. The Morgan fingerprint density at radius 1 is 0.385 bits per heavy atom. The topological polar surface area (TPSA) is 0 Å². The highest BCUT2D eigenvalue weighted by atomic mass is 14.1. The quantitative estimate of drug-likeness (QED) is 0.372. The number of benzene rings is 4. The van der Waals surface area contributed by atoms with Gasteiger partial charge >= 0.3 is 0 Å². The summed E-state index contributed by atoms with van der Waals surface area (Å²) in [7, 11) is 0. The van der Waals surface area contributed by atoms with Gasteiger partial charge in [0, 0.05) is 11.1 Å². The zero-order chi connectivity index (χ0) is 17.6. The van der Waals surface area contributed by atoms with E-state index in [0.29, 0.717) is 0 Å². The van der Waals surface area contributed by atoms with Gasteiger partial charge in [-0.25, -0.2) is 0 Å². The molecule has 0 heterocycles. The van der Waals surface area contributed by atoms with Crippen molar-refractivity contribution in [1.29, 1.82) is 0 Å². The van der Waals surface area contributed by atoms with Crippen LogP contribution in [-0.4, -0.2) is 0 Å². The van der Waals surface area contributed by atoms with Crippen molar-refractivity contribution in [1.82, 2.24) is 0 Å². The van der Waals surface area contributed by atoms with Crippen molar-refractivity contribution in [3.63, 3.8) is 0 Å². The number of rotatable bonds is 2. The Morgan fingerprint density at radius 3 is 1.65 bits per heavy atom. The molecule has 4 rings (SSSR count). The molecule has 0 N–H and O–H groups in total. The fourth-order valence-electron chi connectivity index (χ4n) is 2.98. The first-order chi connectivity index (χ1) is 12.9. The van der Waals surface area contributed by atoms with Crippen molar-refractivity contribution in [2.24, 2.45) is 0 Å². The molecular formula is C26H18. The molecule has 0 bridgehead atoms. The molecule has 0 amide bonds. The van der Waals surface area contributed by atoms with Gasteiger partial charge in [0.25, 0.3) is 0 Å². The summed E-state index contributed by atoms with van der Waals surface area (Å²) in [4.78, 5) is 0. The molecule has 122 valence electrons. The second-order valence-corrected chi connectivity index (χ2v) is 6.10. The Kier molecular flexibility index (Phi) is 4.63. The Morgan fingerprint density at radius 2 is 0.923 bits per heavy atom. The van der Waals surface area contributed by atoms with Crippen LogP contribution in [0.1, 0.15) is 11.1 Å². The molecule has 0 saturated heterocycles. The van der Waals surface area contributed by atoms with E-state index in [9.17, 15) is 0 Å². The molecule has 0 aromatic heterocycles. The molecular weight excluding hydrogens is 312 g/mol. The molecule has 0 saturated carbocycles. The third kappa shape index (κ3) is 3.58. The summed E-state index contributed by atoms with van der Waals surface area (Å²) >= 11 is 0. The largest absolute Gasteiger partial charge is 0.0622 e. The van der Waals surface area contributed by atoms with Gasteiger partial charge in [-0.05, 0) is 40.5 Å². The summed E-state index contributed by atoms with van der Waals surface area (Å²) in [6.45, 7) is 0. The van der Waals surface area contributed by atoms with Crippen LogP contribution in [0, 0.1) is 11.8 Å². The summed E-state index contributed by atoms with van der Waals surface area (Å²) in [5, 5.41) is 0. The second kappa shape index (κ2) is 7.55. The van der Waals surface area contributed by atoms with Crippen molar-refractivity contribution >= 4 is 0 Å². The molecule has 0 spiro atoms. The maximum atomic E-state index is 3.32. The van der Waals surface area contributed by atoms with E-state index in [1.54, 1.807) is 0 Å². The fraction of sp³-hybridized carbons (Fsp3) is 0. The van der Waals surface area contributed by atoms with Gasteiger partial charge in [-0.15, -0.1) is 0 Å². The molecule has 0 atom stereocenters. The number of hydrogen-bond acceptors (Lipinski definition) is 0. The summed E-state index contributed by atoms with van der Waals surface area (Å²) < 4.78 is 0. The SMILES string of the molecule is C(#Cc1ccccc1-c1ccc(-c2ccccc2)cc1)c1ccccc1. The standard InChI is InChI=1S/C26H18/c1-3-9-21(10-4-1)15-16-24-13-7-8-14-26(24)25-19-17-23(18-20-25)22-11-5-2-6-12-22/h1-14,17-20H. The van der Waals surface area contributed by atoms with Crippen LogP contribution >= 0.6 is 0 Å². The maximum Gasteiger partial charge on any atom is 0.0327 e. The van der Waals surface area contributed by atoms with Gasteiger partial charge in [0.05, 0.1) is 0 Å². The predicted octanol–water partition coefficient (Wildman–Crippen LogP) is 6.42. The van der Waals surface area contributed by atoms with Crippen molar-refractivity contribution < 1.29 is 0 Å². The first-order valence-electron chi connectivity index (χ1n) is 8.72. The molecule has 4 aromatic carbocycles. The highest BCUT2D eigenvalue weighted by Crippen LogP contribution is 2.26. The van der Waals surface area contributed by atoms with Gasteiger partial charge in [-0.1, -0.05) is 103 Å².